The number of carbonyl (C=O) groups excluding carboxylic acids is 1. The highest BCUT2D eigenvalue weighted by Gasteiger charge is 2.31. The number of para-hydroxylation sites is 1. The Morgan fingerprint density at radius 2 is 1.57 bits per heavy atom. The van der Waals surface area contributed by atoms with E-state index >= 15 is 0 Å². The second-order valence-corrected chi connectivity index (χ2v) is 7.89. The Bertz CT molecular complexity index is 1340. The van der Waals surface area contributed by atoms with Gasteiger partial charge in [0.2, 0.25) is 0 Å². The number of carbonyl (C=O) groups is 2. The molecule has 1 amide bonds. The molecule has 0 bridgehead atoms. The maximum atomic E-state index is 13.1. The van der Waals surface area contributed by atoms with Crippen LogP contribution < -0.4 is 11.1 Å². The Hall–Kier alpha value is -3.82. The molecule has 35 heavy (non-hydrogen) atoms. The van der Waals surface area contributed by atoms with Gasteiger partial charge in [0.1, 0.15) is 5.70 Å². The van der Waals surface area contributed by atoms with Crippen molar-refractivity contribution in [3.8, 4) is 0 Å². The minimum absolute atomic E-state index is 0.0105. The minimum Gasteiger partial charge on any atom is -0.478 e. The fraction of sp³-hybridized carbons (Fsp3) is 0.0417. The second-order valence-electron chi connectivity index (χ2n) is 7.08. The summed E-state index contributed by atoms with van der Waals surface area (Å²) in [5, 5.41) is 11.9. The molecule has 0 atom stereocenters. The van der Waals surface area contributed by atoms with Crippen LogP contribution in [0.25, 0.3) is 0 Å². The standard InChI is InChI=1S/C24H16Cl2F3N3O3/c25-17-10-9-15(11-16(17)23(34)35)31-22(33)14-7-5-13(6-8-14)20(12-21(30)24(27,28)29)32-19-4-2-1-3-18(19)26/h1-12H,30H2,(H,31,33)(H,34,35). The van der Waals surface area contributed by atoms with E-state index in [4.69, 9.17) is 34.0 Å². The van der Waals surface area contributed by atoms with Gasteiger partial charge in [-0.25, -0.2) is 9.79 Å². The largest absolute Gasteiger partial charge is 0.478 e. The van der Waals surface area contributed by atoms with E-state index in [1.807, 2.05) is 0 Å². The van der Waals surface area contributed by atoms with Crippen molar-refractivity contribution < 1.29 is 27.9 Å². The molecule has 0 aliphatic rings. The molecule has 0 aliphatic carbocycles. The van der Waals surface area contributed by atoms with E-state index in [9.17, 15) is 22.8 Å². The van der Waals surface area contributed by atoms with Crippen molar-refractivity contribution >= 4 is 52.2 Å². The monoisotopic (exact) mass is 521 g/mol. The van der Waals surface area contributed by atoms with Gasteiger partial charge in [-0.2, -0.15) is 13.2 Å². The van der Waals surface area contributed by atoms with Gasteiger partial charge in [-0.05, 0) is 48.5 Å². The molecular formula is C24H16Cl2F3N3O3. The van der Waals surface area contributed by atoms with Crippen molar-refractivity contribution in [3.05, 3.63) is 105 Å². The molecule has 3 rings (SSSR count). The lowest BCUT2D eigenvalue weighted by molar-refractivity contribution is -0.0925. The van der Waals surface area contributed by atoms with Gasteiger partial charge in [-0.1, -0.05) is 47.5 Å². The summed E-state index contributed by atoms with van der Waals surface area (Å²) in [5.74, 6) is -1.84. The summed E-state index contributed by atoms with van der Waals surface area (Å²) in [6.45, 7) is 0. The van der Waals surface area contributed by atoms with E-state index in [-0.39, 0.29) is 43.8 Å². The summed E-state index contributed by atoms with van der Waals surface area (Å²) in [6.07, 6.45) is -4.09. The fourth-order valence-electron chi connectivity index (χ4n) is 2.84. The Morgan fingerprint density at radius 1 is 0.943 bits per heavy atom. The van der Waals surface area contributed by atoms with Gasteiger partial charge in [-0.3, -0.25) is 4.79 Å². The first-order valence-electron chi connectivity index (χ1n) is 9.78. The van der Waals surface area contributed by atoms with Crippen molar-refractivity contribution in [2.24, 2.45) is 10.7 Å². The molecule has 0 saturated heterocycles. The fourth-order valence-corrected chi connectivity index (χ4v) is 3.22. The van der Waals surface area contributed by atoms with E-state index in [0.717, 1.165) is 0 Å². The average molecular weight is 522 g/mol. The average Bonchev–Trinajstić information content (AvgIpc) is 2.80. The highest BCUT2D eigenvalue weighted by atomic mass is 35.5. The quantitative estimate of drug-likeness (QED) is 0.323. The zero-order valence-electron chi connectivity index (χ0n) is 17.6. The molecular weight excluding hydrogens is 506 g/mol. The van der Waals surface area contributed by atoms with Crippen LogP contribution in [0.15, 0.2) is 83.5 Å². The van der Waals surface area contributed by atoms with Gasteiger partial charge in [0.25, 0.3) is 5.91 Å². The first kappa shape index (κ1) is 25.8. The van der Waals surface area contributed by atoms with Gasteiger partial charge >= 0.3 is 12.1 Å². The van der Waals surface area contributed by atoms with Crippen LogP contribution in [0.2, 0.25) is 10.0 Å². The number of alkyl halides is 3. The van der Waals surface area contributed by atoms with E-state index < -0.39 is 23.7 Å². The number of carboxylic acids is 1. The molecule has 11 heteroatoms. The number of nitrogens with two attached hydrogens (primary N) is 1. The number of carboxylic acid groups (broad SMARTS) is 1. The maximum Gasteiger partial charge on any atom is 0.430 e. The minimum atomic E-state index is -4.77. The van der Waals surface area contributed by atoms with Crippen LogP contribution in [-0.4, -0.2) is 28.9 Å². The number of rotatable bonds is 6. The third-order valence-electron chi connectivity index (χ3n) is 4.61. The lowest BCUT2D eigenvalue weighted by atomic mass is 10.1. The summed E-state index contributed by atoms with van der Waals surface area (Å²) < 4.78 is 39.2. The van der Waals surface area contributed by atoms with Gasteiger partial charge < -0.3 is 16.2 Å². The Morgan fingerprint density at radius 3 is 2.17 bits per heavy atom. The van der Waals surface area contributed by atoms with Gasteiger partial charge in [0, 0.05) is 16.8 Å². The number of halogens is 5. The van der Waals surface area contributed by atoms with Crippen LogP contribution in [0.5, 0.6) is 0 Å². The van der Waals surface area contributed by atoms with E-state index in [1.165, 1.54) is 54.6 Å². The number of aromatic carboxylic acids is 1. The molecule has 0 radical (unpaired) electrons. The molecule has 0 fully saturated rings. The first-order chi connectivity index (χ1) is 16.5. The van der Waals surface area contributed by atoms with Gasteiger partial charge in [0.05, 0.1) is 27.0 Å². The molecule has 6 nitrogen and oxygen atoms in total. The zero-order valence-corrected chi connectivity index (χ0v) is 19.1. The molecule has 3 aromatic rings. The lowest BCUT2D eigenvalue weighted by Gasteiger charge is -2.10. The molecule has 180 valence electrons. The van der Waals surface area contributed by atoms with Crippen LogP contribution >= 0.6 is 23.2 Å². The molecule has 4 N–H and O–H groups in total. The SMILES string of the molecule is NC(=CC(=Nc1ccccc1Cl)c1ccc(C(=O)Nc2ccc(Cl)c(C(=O)O)c2)cc1)C(F)(F)F. The van der Waals surface area contributed by atoms with Crippen LogP contribution in [0.3, 0.4) is 0 Å². The molecule has 0 unspecified atom stereocenters. The molecule has 3 aromatic carbocycles. The number of hydrogen-bond acceptors (Lipinski definition) is 4. The molecule has 0 aliphatic heterocycles. The second kappa shape index (κ2) is 10.6. The van der Waals surface area contributed by atoms with Crippen LogP contribution in [0.1, 0.15) is 26.3 Å². The highest BCUT2D eigenvalue weighted by Crippen LogP contribution is 2.27. The first-order valence-corrected chi connectivity index (χ1v) is 10.5. The Kier molecular flexibility index (Phi) is 7.83. The predicted molar refractivity (Wildman–Crippen MR) is 129 cm³/mol. The summed E-state index contributed by atoms with van der Waals surface area (Å²) >= 11 is 11.9. The van der Waals surface area contributed by atoms with Gasteiger partial charge in [-0.15, -0.1) is 0 Å². The summed E-state index contributed by atoms with van der Waals surface area (Å²) in [7, 11) is 0. The van der Waals surface area contributed by atoms with Crippen molar-refractivity contribution in [2.45, 2.75) is 6.18 Å². The van der Waals surface area contributed by atoms with Crippen LogP contribution in [0.4, 0.5) is 24.5 Å². The maximum absolute atomic E-state index is 13.1. The summed E-state index contributed by atoms with van der Waals surface area (Å²) in [6, 6.07) is 15.8. The Balaban J connectivity index is 1.92. The van der Waals surface area contributed by atoms with Crippen LogP contribution in [0, 0.1) is 0 Å². The summed E-state index contributed by atoms with van der Waals surface area (Å²) in [5.41, 5.74) is 4.36. The highest BCUT2D eigenvalue weighted by molar-refractivity contribution is 6.34. The molecule has 0 heterocycles. The van der Waals surface area contributed by atoms with Crippen LogP contribution in [-0.2, 0) is 0 Å². The smallest absolute Gasteiger partial charge is 0.430 e. The van der Waals surface area contributed by atoms with E-state index in [0.29, 0.717) is 6.08 Å². The van der Waals surface area contributed by atoms with E-state index in [1.54, 1.807) is 12.1 Å². The third-order valence-corrected chi connectivity index (χ3v) is 5.26. The predicted octanol–water partition coefficient (Wildman–Crippen LogP) is 6.47. The number of allylic oxidation sites excluding steroid dienone is 2. The number of hydrogen-bond donors (Lipinski definition) is 3. The number of benzene rings is 3. The normalized spacial score (nSPS) is 12.4. The number of amides is 1. The Labute approximate surface area is 207 Å². The van der Waals surface area contributed by atoms with Crippen molar-refractivity contribution in [1.29, 1.82) is 0 Å². The topological polar surface area (TPSA) is 105 Å². The summed E-state index contributed by atoms with van der Waals surface area (Å²) in [4.78, 5) is 28.0. The number of nitrogens with zero attached hydrogens (tertiary/aromatic N) is 1. The molecule has 0 aromatic heterocycles. The molecule has 0 saturated carbocycles. The van der Waals surface area contributed by atoms with Crippen molar-refractivity contribution in [3.63, 3.8) is 0 Å². The number of aliphatic imine (C=N–C) groups is 1. The third kappa shape index (κ3) is 6.62. The number of nitrogens with one attached hydrogen (secondary N) is 1. The van der Waals surface area contributed by atoms with Gasteiger partial charge in [0.15, 0.2) is 0 Å². The molecule has 0 spiro atoms. The van der Waals surface area contributed by atoms with E-state index in [2.05, 4.69) is 10.3 Å². The number of anilines is 1. The zero-order chi connectivity index (χ0) is 25.8. The van der Waals surface area contributed by atoms with Crippen molar-refractivity contribution in [1.82, 2.24) is 0 Å². The van der Waals surface area contributed by atoms with Crippen molar-refractivity contribution in [2.75, 3.05) is 5.32 Å². The lowest BCUT2D eigenvalue weighted by Crippen LogP contribution is -2.21.